The molecular formula is C25H26ClN3O3. The summed E-state index contributed by atoms with van der Waals surface area (Å²) in [5.41, 5.74) is 4.38. The lowest BCUT2D eigenvalue weighted by atomic mass is 9.70. The summed E-state index contributed by atoms with van der Waals surface area (Å²) in [6.07, 6.45) is 5.39. The van der Waals surface area contributed by atoms with Gasteiger partial charge < -0.3 is 9.84 Å². The van der Waals surface area contributed by atoms with Crippen LogP contribution >= 0.6 is 11.6 Å². The van der Waals surface area contributed by atoms with E-state index in [2.05, 4.69) is 24.0 Å². The zero-order valence-corrected chi connectivity index (χ0v) is 18.8. The minimum atomic E-state index is -0.822. The number of benzene rings is 1. The maximum atomic E-state index is 11.6. The molecule has 0 spiro atoms. The Hall–Kier alpha value is -2.96. The molecular weight excluding hydrogens is 426 g/mol. The molecule has 4 rings (SSSR count). The number of halogens is 1. The molecule has 1 aromatic carbocycles. The van der Waals surface area contributed by atoms with Gasteiger partial charge in [-0.05, 0) is 54.3 Å². The second-order valence-corrected chi connectivity index (χ2v) is 8.49. The highest BCUT2D eigenvalue weighted by molar-refractivity contribution is 6.30. The van der Waals surface area contributed by atoms with E-state index in [0.717, 1.165) is 34.6 Å². The van der Waals surface area contributed by atoms with Crippen molar-refractivity contribution < 1.29 is 14.6 Å². The molecule has 7 heteroatoms. The first-order valence-electron chi connectivity index (χ1n) is 10.7. The Kier molecular flexibility index (Phi) is 6.72. The van der Waals surface area contributed by atoms with E-state index in [1.54, 1.807) is 12.4 Å². The van der Waals surface area contributed by atoms with Crippen LogP contribution in [0.15, 0.2) is 66.0 Å². The van der Waals surface area contributed by atoms with Crippen LogP contribution < -0.4 is 0 Å². The molecule has 32 heavy (non-hydrogen) atoms. The molecule has 0 bridgehead atoms. The van der Waals surface area contributed by atoms with E-state index >= 15 is 0 Å². The van der Waals surface area contributed by atoms with E-state index < -0.39 is 11.4 Å². The largest absolute Gasteiger partial charge is 0.481 e. The number of aliphatic carboxylic acids is 1. The van der Waals surface area contributed by atoms with Gasteiger partial charge in [-0.3, -0.25) is 9.78 Å². The van der Waals surface area contributed by atoms with Crippen LogP contribution in [0.25, 0.3) is 0 Å². The summed E-state index contributed by atoms with van der Waals surface area (Å²) in [4.78, 5) is 15.7. The van der Waals surface area contributed by atoms with Gasteiger partial charge in [-0.15, -0.1) is 0 Å². The number of carbonyl (C=O) groups is 1. The fraction of sp³-hybridized carbons (Fsp3) is 0.320. The molecule has 6 nitrogen and oxygen atoms in total. The Bertz CT molecular complexity index is 1130. The number of aromatic nitrogens is 2. The van der Waals surface area contributed by atoms with Crippen LogP contribution in [-0.2, 0) is 28.0 Å². The van der Waals surface area contributed by atoms with E-state index in [0.29, 0.717) is 31.1 Å². The molecule has 1 aliphatic rings. The van der Waals surface area contributed by atoms with Gasteiger partial charge in [0.15, 0.2) is 0 Å². The van der Waals surface area contributed by atoms with Gasteiger partial charge in [0.25, 0.3) is 0 Å². The molecule has 3 aromatic rings. The van der Waals surface area contributed by atoms with Crippen molar-refractivity contribution in [2.45, 2.75) is 44.6 Å². The Balaban J connectivity index is 1.71. The summed E-state index contributed by atoms with van der Waals surface area (Å²) in [7, 11) is 0. The standard InChI is InChI=1S/C25H26ClN3O3/c1-2-22-8-9-23-25(11-10-24(30)31,19-6-3-7-20(26)13-19)14-21(28-29(22)23)17-32-16-18-5-4-12-27-15-18/h3-9,12-13,15H,2,10-11,14,16-17H2,1H3,(H,30,31). The Morgan fingerprint density at radius 2 is 2.09 bits per heavy atom. The highest BCUT2D eigenvalue weighted by Gasteiger charge is 2.41. The first kappa shape index (κ1) is 22.2. The SMILES string of the molecule is CCc1ccc2n1N=C(COCc1cccnc1)CC2(CCC(=O)O)c1cccc(Cl)c1. The first-order chi connectivity index (χ1) is 15.5. The zero-order valence-electron chi connectivity index (χ0n) is 18.0. The topological polar surface area (TPSA) is 76.7 Å². The van der Waals surface area contributed by atoms with Crippen molar-refractivity contribution in [3.05, 3.63) is 88.5 Å². The number of rotatable bonds is 9. The van der Waals surface area contributed by atoms with Gasteiger partial charge in [0.2, 0.25) is 0 Å². The predicted octanol–water partition coefficient (Wildman–Crippen LogP) is 5.07. The normalized spacial score (nSPS) is 17.6. The molecule has 1 N–H and O–H groups in total. The summed E-state index contributed by atoms with van der Waals surface area (Å²) in [5.74, 6) is -0.822. The van der Waals surface area contributed by atoms with Crippen LogP contribution in [0.3, 0.4) is 0 Å². The predicted molar refractivity (Wildman–Crippen MR) is 124 cm³/mol. The third-order valence-corrected chi connectivity index (χ3v) is 6.17. The molecule has 0 radical (unpaired) electrons. The molecule has 0 amide bonds. The molecule has 0 saturated heterocycles. The number of ether oxygens (including phenoxy) is 1. The van der Waals surface area contributed by atoms with E-state index in [9.17, 15) is 9.90 Å². The average molecular weight is 452 g/mol. The van der Waals surface area contributed by atoms with E-state index in [4.69, 9.17) is 21.4 Å². The molecule has 0 fully saturated rings. The maximum absolute atomic E-state index is 11.6. The van der Waals surface area contributed by atoms with Gasteiger partial charge in [-0.2, -0.15) is 5.10 Å². The van der Waals surface area contributed by atoms with E-state index in [1.807, 2.05) is 41.1 Å². The quantitative estimate of drug-likeness (QED) is 0.492. The number of carboxylic acids is 1. The monoisotopic (exact) mass is 451 g/mol. The van der Waals surface area contributed by atoms with Crippen molar-refractivity contribution in [1.82, 2.24) is 9.66 Å². The summed E-state index contributed by atoms with van der Waals surface area (Å²) < 4.78 is 7.94. The van der Waals surface area contributed by atoms with Crippen LogP contribution in [0.1, 0.15) is 48.7 Å². The van der Waals surface area contributed by atoms with Gasteiger partial charge in [0.05, 0.1) is 24.6 Å². The Morgan fingerprint density at radius 3 is 2.81 bits per heavy atom. The third-order valence-electron chi connectivity index (χ3n) is 5.94. The minimum absolute atomic E-state index is 0.0446. The summed E-state index contributed by atoms with van der Waals surface area (Å²) in [6, 6.07) is 15.7. The lowest BCUT2D eigenvalue weighted by Crippen LogP contribution is -2.38. The van der Waals surface area contributed by atoms with E-state index in [1.165, 1.54) is 0 Å². The molecule has 0 aliphatic carbocycles. The van der Waals surface area contributed by atoms with Crippen LogP contribution in [-0.4, -0.2) is 33.1 Å². The maximum Gasteiger partial charge on any atom is 0.303 e. The van der Waals surface area contributed by atoms with Gasteiger partial charge in [-0.25, -0.2) is 4.68 Å². The van der Waals surface area contributed by atoms with Crippen molar-refractivity contribution in [3.8, 4) is 0 Å². The van der Waals surface area contributed by atoms with Crippen molar-refractivity contribution in [3.63, 3.8) is 0 Å². The third kappa shape index (κ3) is 4.61. The Labute approximate surface area is 192 Å². The number of nitrogens with zero attached hydrogens (tertiary/aromatic N) is 3. The Morgan fingerprint density at radius 1 is 1.22 bits per heavy atom. The van der Waals surface area contributed by atoms with Crippen molar-refractivity contribution in [1.29, 1.82) is 0 Å². The van der Waals surface area contributed by atoms with Gasteiger partial charge >= 0.3 is 5.97 Å². The van der Waals surface area contributed by atoms with Gasteiger partial charge in [0.1, 0.15) is 0 Å². The number of carboxylic acid groups (broad SMARTS) is 1. The lowest BCUT2D eigenvalue weighted by Gasteiger charge is -2.38. The molecule has 0 saturated carbocycles. The molecule has 1 atom stereocenters. The van der Waals surface area contributed by atoms with Crippen molar-refractivity contribution in [2.75, 3.05) is 6.61 Å². The molecule has 3 heterocycles. The van der Waals surface area contributed by atoms with Crippen LogP contribution in [0.5, 0.6) is 0 Å². The number of pyridine rings is 1. The number of hydrogen-bond donors (Lipinski definition) is 1. The van der Waals surface area contributed by atoms with Crippen LogP contribution in [0.4, 0.5) is 0 Å². The minimum Gasteiger partial charge on any atom is -0.481 e. The smallest absolute Gasteiger partial charge is 0.303 e. The van der Waals surface area contributed by atoms with Gasteiger partial charge in [-0.1, -0.05) is 36.7 Å². The van der Waals surface area contributed by atoms with Gasteiger partial charge in [0, 0.05) is 41.4 Å². The molecule has 2 aromatic heterocycles. The highest BCUT2D eigenvalue weighted by atomic mass is 35.5. The fourth-order valence-corrected chi connectivity index (χ4v) is 4.59. The number of fused-ring (bicyclic) bond motifs is 1. The van der Waals surface area contributed by atoms with Crippen LogP contribution in [0.2, 0.25) is 5.02 Å². The average Bonchev–Trinajstić information content (AvgIpc) is 3.22. The molecule has 1 unspecified atom stereocenters. The molecule has 166 valence electrons. The van der Waals surface area contributed by atoms with E-state index in [-0.39, 0.29) is 6.42 Å². The number of hydrogen-bond acceptors (Lipinski definition) is 4. The second kappa shape index (κ2) is 9.67. The zero-order chi connectivity index (χ0) is 22.6. The first-order valence-corrected chi connectivity index (χ1v) is 11.1. The summed E-state index contributed by atoms with van der Waals surface area (Å²) >= 11 is 6.35. The number of aryl methyl sites for hydroxylation is 1. The molecule has 1 aliphatic heterocycles. The van der Waals surface area contributed by atoms with Crippen molar-refractivity contribution in [2.24, 2.45) is 5.10 Å². The van der Waals surface area contributed by atoms with Crippen molar-refractivity contribution >= 4 is 23.3 Å². The summed E-state index contributed by atoms with van der Waals surface area (Å²) in [5, 5.41) is 15.0. The lowest BCUT2D eigenvalue weighted by molar-refractivity contribution is -0.137. The van der Waals surface area contributed by atoms with Crippen LogP contribution in [0, 0.1) is 0 Å². The highest BCUT2D eigenvalue weighted by Crippen LogP contribution is 2.44. The summed E-state index contributed by atoms with van der Waals surface area (Å²) in [6.45, 7) is 2.88. The second-order valence-electron chi connectivity index (χ2n) is 8.06. The fourth-order valence-electron chi connectivity index (χ4n) is 4.40.